The van der Waals surface area contributed by atoms with Gasteiger partial charge in [0.1, 0.15) is 5.75 Å². The van der Waals surface area contributed by atoms with Crippen LogP contribution in [0.3, 0.4) is 0 Å². The van der Waals surface area contributed by atoms with Gasteiger partial charge in [-0.2, -0.15) is 0 Å². The lowest BCUT2D eigenvalue weighted by atomic mass is 10.0. The van der Waals surface area contributed by atoms with Crippen LogP contribution in [0.15, 0.2) is 29.3 Å². The standard InChI is InChI=1S/C15H21N3O2/c16-15(18-9-12-4-3-7-19-12)17-8-11-10-20-14-6-2-1-5-13(11)14/h1-2,5-6,11-12H,3-4,7-10H2,(H3,16,17,18). The molecule has 108 valence electrons. The summed E-state index contributed by atoms with van der Waals surface area (Å²) in [6.07, 6.45) is 2.45. The maximum absolute atomic E-state index is 5.89. The Bertz CT molecular complexity index is 484. The monoisotopic (exact) mass is 275 g/mol. The van der Waals surface area contributed by atoms with Crippen molar-refractivity contribution in [3.63, 3.8) is 0 Å². The number of rotatable bonds is 4. The topological polar surface area (TPSA) is 68.9 Å². The van der Waals surface area contributed by atoms with Crippen LogP contribution >= 0.6 is 0 Å². The largest absolute Gasteiger partial charge is 0.493 e. The van der Waals surface area contributed by atoms with Gasteiger partial charge in [-0.15, -0.1) is 0 Å². The minimum Gasteiger partial charge on any atom is -0.493 e. The van der Waals surface area contributed by atoms with E-state index in [4.69, 9.17) is 15.2 Å². The van der Waals surface area contributed by atoms with Gasteiger partial charge in [-0.1, -0.05) is 18.2 Å². The molecule has 2 aliphatic heterocycles. The zero-order valence-electron chi connectivity index (χ0n) is 11.5. The van der Waals surface area contributed by atoms with Gasteiger partial charge in [0.2, 0.25) is 0 Å². The molecule has 5 nitrogen and oxygen atoms in total. The maximum Gasteiger partial charge on any atom is 0.188 e. The Morgan fingerprint density at radius 3 is 3.15 bits per heavy atom. The van der Waals surface area contributed by atoms with E-state index in [-0.39, 0.29) is 6.10 Å². The van der Waals surface area contributed by atoms with E-state index < -0.39 is 0 Å². The molecule has 0 aliphatic carbocycles. The van der Waals surface area contributed by atoms with Crippen LogP contribution in [-0.2, 0) is 4.74 Å². The van der Waals surface area contributed by atoms with Gasteiger partial charge in [-0.25, -0.2) is 0 Å². The third-order valence-corrected chi connectivity index (χ3v) is 3.82. The second kappa shape index (κ2) is 6.13. The van der Waals surface area contributed by atoms with Gasteiger partial charge in [0.05, 0.1) is 19.3 Å². The molecular weight excluding hydrogens is 254 g/mol. The molecule has 2 heterocycles. The van der Waals surface area contributed by atoms with Gasteiger partial charge in [0.15, 0.2) is 5.96 Å². The molecule has 5 heteroatoms. The highest BCUT2D eigenvalue weighted by Gasteiger charge is 2.23. The molecule has 0 bridgehead atoms. The lowest BCUT2D eigenvalue weighted by Gasteiger charge is -2.12. The third kappa shape index (κ3) is 3.04. The Balaban J connectivity index is 1.48. The molecule has 2 unspecified atom stereocenters. The highest BCUT2D eigenvalue weighted by Crippen LogP contribution is 2.32. The highest BCUT2D eigenvalue weighted by atomic mass is 16.5. The van der Waals surface area contributed by atoms with E-state index in [2.05, 4.69) is 16.4 Å². The number of aliphatic imine (C=N–C) groups is 1. The SMILES string of the molecule is NC(=NCC1CCCO1)NCC1COc2ccccc21. The molecular formula is C15H21N3O2. The summed E-state index contributed by atoms with van der Waals surface area (Å²) in [6.45, 7) is 2.95. The van der Waals surface area contributed by atoms with E-state index in [9.17, 15) is 0 Å². The summed E-state index contributed by atoms with van der Waals surface area (Å²) in [5, 5.41) is 3.18. The fourth-order valence-electron chi connectivity index (χ4n) is 2.67. The number of guanidine groups is 1. The Hall–Kier alpha value is -1.75. The van der Waals surface area contributed by atoms with Gasteiger partial charge in [-0.05, 0) is 18.9 Å². The van der Waals surface area contributed by atoms with E-state index in [1.54, 1.807) is 0 Å². The molecule has 3 rings (SSSR count). The second-order valence-corrected chi connectivity index (χ2v) is 5.29. The van der Waals surface area contributed by atoms with Gasteiger partial charge in [0, 0.05) is 24.6 Å². The van der Waals surface area contributed by atoms with Crippen molar-refractivity contribution in [2.24, 2.45) is 10.7 Å². The predicted molar refractivity (Wildman–Crippen MR) is 78.1 cm³/mol. The first-order chi connectivity index (χ1) is 9.83. The van der Waals surface area contributed by atoms with Crippen molar-refractivity contribution in [3.05, 3.63) is 29.8 Å². The molecule has 2 aliphatic rings. The van der Waals surface area contributed by atoms with Gasteiger partial charge < -0.3 is 20.5 Å². The molecule has 1 fully saturated rings. The van der Waals surface area contributed by atoms with Crippen molar-refractivity contribution in [1.29, 1.82) is 0 Å². The summed E-state index contributed by atoms with van der Waals surface area (Å²) in [5.41, 5.74) is 7.13. The van der Waals surface area contributed by atoms with Crippen molar-refractivity contribution in [1.82, 2.24) is 5.32 Å². The minimum absolute atomic E-state index is 0.242. The van der Waals surface area contributed by atoms with Crippen LogP contribution in [-0.4, -0.2) is 38.4 Å². The Morgan fingerprint density at radius 2 is 2.30 bits per heavy atom. The van der Waals surface area contributed by atoms with E-state index in [0.717, 1.165) is 31.7 Å². The lowest BCUT2D eigenvalue weighted by molar-refractivity contribution is 0.117. The number of nitrogens with zero attached hydrogens (tertiary/aromatic N) is 1. The summed E-state index contributed by atoms with van der Waals surface area (Å²) >= 11 is 0. The predicted octanol–water partition coefficient (Wildman–Crippen LogP) is 1.25. The minimum atomic E-state index is 0.242. The van der Waals surface area contributed by atoms with E-state index >= 15 is 0 Å². The normalized spacial score (nSPS) is 25.3. The lowest BCUT2D eigenvalue weighted by Crippen LogP contribution is -2.36. The summed E-state index contributed by atoms with van der Waals surface area (Å²) in [7, 11) is 0. The zero-order chi connectivity index (χ0) is 13.8. The van der Waals surface area contributed by atoms with Crippen LogP contribution in [0.2, 0.25) is 0 Å². The molecule has 1 saturated heterocycles. The summed E-state index contributed by atoms with van der Waals surface area (Å²) in [4.78, 5) is 4.34. The first-order valence-electron chi connectivity index (χ1n) is 7.20. The van der Waals surface area contributed by atoms with Gasteiger partial charge in [0.25, 0.3) is 0 Å². The maximum atomic E-state index is 5.89. The summed E-state index contributed by atoms with van der Waals surface area (Å²) in [5.74, 6) is 1.81. The van der Waals surface area contributed by atoms with Crippen LogP contribution in [0, 0.1) is 0 Å². The molecule has 20 heavy (non-hydrogen) atoms. The molecule has 1 aromatic rings. The van der Waals surface area contributed by atoms with Crippen molar-refractivity contribution in [2.45, 2.75) is 24.9 Å². The van der Waals surface area contributed by atoms with Crippen LogP contribution in [0.25, 0.3) is 0 Å². The number of nitrogens with two attached hydrogens (primary N) is 1. The quantitative estimate of drug-likeness (QED) is 0.641. The first-order valence-corrected chi connectivity index (χ1v) is 7.20. The summed E-state index contributed by atoms with van der Waals surface area (Å²) in [6, 6.07) is 8.14. The average molecular weight is 275 g/mol. The molecule has 3 N–H and O–H groups in total. The number of para-hydroxylation sites is 1. The zero-order valence-corrected chi connectivity index (χ0v) is 11.5. The van der Waals surface area contributed by atoms with Crippen molar-refractivity contribution in [3.8, 4) is 5.75 Å². The Labute approximate surface area is 119 Å². The Kier molecular flexibility index (Phi) is 4.06. The smallest absolute Gasteiger partial charge is 0.188 e. The molecule has 0 saturated carbocycles. The van der Waals surface area contributed by atoms with Crippen molar-refractivity contribution in [2.75, 3.05) is 26.3 Å². The molecule has 2 atom stereocenters. The fraction of sp³-hybridized carbons (Fsp3) is 0.533. The first kappa shape index (κ1) is 13.2. The average Bonchev–Trinajstić information content (AvgIpc) is 3.12. The van der Waals surface area contributed by atoms with Crippen LogP contribution in [0.5, 0.6) is 5.75 Å². The van der Waals surface area contributed by atoms with Crippen LogP contribution in [0.4, 0.5) is 0 Å². The number of benzene rings is 1. The molecule has 0 aromatic heterocycles. The number of nitrogens with one attached hydrogen (secondary N) is 1. The molecule has 1 aromatic carbocycles. The molecule has 0 radical (unpaired) electrons. The van der Waals surface area contributed by atoms with Crippen LogP contribution < -0.4 is 15.8 Å². The highest BCUT2D eigenvalue weighted by molar-refractivity contribution is 5.77. The van der Waals surface area contributed by atoms with Gasteiger partial charge >= 0.3 is 0 Å². The fourth-order valence-corrected chi connectivity index (χ4v) is 2.67. The number of hydrogen-bond donors (Lipinski definition) is 2. The van der Waals surface area contributed by atoms with Crippen molar-refractivity contribution < 1.29 is 9.47 Å². The van der Waals surface area contributed by atoms with Gasteiger partial charge in [-0.3, -0.25) is 4.99 Å². The van der Waals surface area contributed by atoms with E-state index in [0.29, 0.717) is 25.0 Å². The van der Waals surface area contributed by atoms with Crippen molar-refractivity contribution >= 4 is 5.96 Å². The van der Waals surface area contributed by atoms with E-state index in [1.807, 2.05) is 18.2 Å². The second-order valence-electron chi connectivity index (χ2n) is 5.29. The third-order valence-electron chi connectivity index (χ3n) is 3.82. The summed E-state index contributed by atoms with van der Waals surface area (Å²) < 4.78 is 11.2. The molecule has 0 amide bonds. The van der Waals surface area contributed by atoms with E-state index in [1.165, 1.54) is 5.56 Å². The molecule has 0 spiro atoms. The number of hydrogen-bond acceptors (Lipinski definition) is 3. The van der Waals surface area contributed by atoms with Crippen LogP contribution in [0.1, 0.15) is 24.3 Å². The Morgan fingerprint density at radius 1 is 1.40 bits per heavy atom. The number of fused-ring (bicyclic) bond motifs is 1. The number of ether oxygens (including phenoxy) is 2.